The average molecular weight is 337 g/mol. The molecule has 2 N–H and O–H groups in total. The van der Waals surface area contributed by atoms with Crippen LogP contribution in [-0.2, 0) is 11.3 Å². The van der Waals surface area contributed by atoms with Crippen molar-refractivity contribution in [1.82, 2.24) is 9.88 Å². The largest absolute Gasteiger partial charge is 0.478 e. The number of hydrogen-bond donors (Lipinski definition) is 2. The van der Waals surface area contributed by atoms with Gasteiger partial charge in [-0.25, -0.2) is 9.78 Å². The number of aryl methyl sites for hydroxylation is 1. The number of carbonyl (C=O) groups is 1. The smallest absolute Gasteiger partial charge is 0.328 e. The van der Waals surface area contributed by atoms with Gasteiger partial charge in [0, 0.05) is 37.9 Å². The molecule has 0 spiro atoms. The van der Waals surface area contributed by atoms with Gasteiger partial charge in [-0.3, -0.25) is 4.90 Å². The third kappa shape index (κ3) is 5.16. The molecule has 0 unspecified atom stereocenters. The van der Waals surface area contributed by atoms with Gasteiger partial charge in [-0.15, -0.1) is 0 Å². The predicted molar refractivity (Wildman–Crippen MR) is 99.4 cm³/mol. The fourth-order valence-corrected chi connectivity index (χ4v) is 3.01. The molecule has 5 nitrogen and oxygen atoms in total. The Morgan fingerprint density at radius 3 is 2.80 bits per heavy atom. The molecule has 0 radical (unpaired) electrons. The Kier molecular flexibility index (Phi) is 5.46. The van der Waals surface area contributed by atoms with Crippen LogP contribution in [0.15, 0.2) is 48.7 Å². The number of rotatable bonds is 6. The van der Waals surface area contributed by atoms with Crippen LogP contribution in [-0.4, -0.2) is 40.1 Å². The number of carboxylic acid groups (broad SMARTS) is 1. The van der Waals surface area contributed by atoms with Crippen LogP contribution in [0.3, 0.4) is 0 Å². The lowest BCUT2D eigenvalue weighted by Gasteiger charge is -2.17. The minimum atomic E-state index is -0.957. The van der Waals surface area contributed by atoms with Gasteiger partial charge >= 0.3 is 5.97 Å². The maximum absolute atomic E-state index is 10.5. The third-order valence-electron chi connectivity index (χ3n) is 4.36. The number of likely N-dealkylation sites (tertiary alicyclic amines) is 1. The minimum Gasteiger partial charge on any atom is -0.478 e. The molecule has 3 rings (SSSR count). The van der Waals surface area contributed by atoms with Gasteiger partial charge in [0.15, 0.2) is 0 Å². The standard InChI is InChI=1S/C20H23N3O2/c1-15-2-4-17(5-3-15)13-23-11-10-18(14-23)22-19-8-6-16(12-21-19)7-9-20(24)25/h2-9,12,18H,10-11,13-14H2,1H3,(H,21,22)(H,24,25)/t18-/m1/s1. The average Bonchev–Trinajstić information content (AvgIpc) is 3.03. The second-order valence-electron chi connectivity index (χ2n) is 6.50. The highest BCUT2D eigenvalue weighted by molar-refractivity contribution is 5.85. The molecule has 1 aromatic carbocycles. The topological polar surface area (TPSA) is 65.5 Å². The molecule has 2 heterocycles. The lowest BCUT2D eigenvalue weighted by Crippen LogP contribution is -2.26. The van der Waals surface area contributed by atoms with Gasteiger partial charge in [0.1, 0.15) is 5.82 Å². The number of aliphatic carboxylic acids is 1. The molecular weight excluding hydrogens is 314 g/mol. The molecule has 0 bridgehead atoms. The summed E-state index contributed by atoms with van der Waals surface area (Å²) in [6.45, 7) is 5.15. The Labute approximate surface area is 148 Å². The molecular formula is C20H23N3O2. The molecule has 0 amide bonds. The molecule has 1 aliphatic rings. The lowest BCUT2D eigenvalue weighted by molar-refractivity contribution is -0.131. The lowest BCUT2D eigenvalue weighted by atomic mass is 10.1. The number of nitrogens with one attached hydrogen (secondary N) is 1. The summed E-state index contributed by atoms with van der Waals surface area (Å²) in [7, 11) is 0. The molecule has 5 heteroatoms. The van der Waals surface area contributed by atoms with Gasteiger partial charge in [-0.2, -0.15) is 0 Å². The predicted octanol–water partition coefficient (Wildman–Crippen LogP) is 3.17. The maximum atomic E-state index is 10.5. The van der Waals surface area contributed by atoms with E-state index >= 15 is 0 Å². The molecule has 0 aliphatic carbocycles. The monoisotopic (exact) mass is 337 g/mol. The molecule has 130 valence electrons. The summed E-state index contributed by atoms with van der Waals surface area (Å²) in [6.07, 6.45) is 5.43. The molecule has 1 aliphatic heterocycles. The summed E-state index contributed by atoms with van der Waals surface area (Å²) in [6, 6.07) is 12.9. The summed E-state index contributed by atoms with van der Waals surface area (Å²) in [5.41, 5.74) is 3.41. The van der Waals surface area contributed by atoms with E-state index in [-0.39, 0.29) is 0 Å². The van der Waals surface area contributed by atoms with E-state index in [0.717, 1.165) is 43.5 Å². The van der Waals surface area contributed by atoms with E-state index in [9.17, 15) is 4.79 Å². The molecule has 1 atom stereocenters. The van der Waals surface area contributed by atoms with Crippen LogP contribution >= 0.6 is 0 Å². The van der Waals surface area contributed by atoms with Gasteiger partial charge in [0.2, 0.25) is 0 Å². The number of benzene rings is 1. The second-order valence-corrected chi connectivity index (χ2v) is 6.50. The quantitative estimate of drug-likeness (QED) is 0.793. The van der Waals surface area contributed by atoms with Crippen LogP contribution < -0.4 is 5.32 Å². The Bertz CT molecular complexity index is 739. The zero-order valence-corrected chi connectivity index (χ0v) is 14.4. The maximum Gasteiger partial charge on any atom is 0.328 e. The van der Waals surface area contributed by atoms with Gasteiger partial charge in [0.25, 0.3) is 0 Å². The van der Waals surface area contributed by atoms with Crippen LogP contribution in [0.2, 0.25) is 0 Å². The molecule has 1 saturated heterocycles. The molecule has 2 aromatic rings. The second kappa shape index (κ2) is 7.94. The summed E-state index contributed by atoms with van der Waals surface area (Å²) >= 11 is 0. The first-order chi connectivity index (χ1) is 12.1. The summed E-state index contributed by atoms with van der Waals surface area (Å²) in [4.78, 5) is 17.3. The highest BCUT2D eigenvalue weighted by Gasteiger charge is 2.22. The Morgan fingerprint density at radius 1 is 1.32 bits per heavy atom. The van der Waals surface area contributed by atoms with Crippen molar-refractivity contribution in [3.63, 3.8) is 0 Å². The van der Waals surface area contributed by atoms with Gasteiger partial charge in [-0.05, 0) is 42.7 Å². The third-order valence-corrected chi connectivity index (χ3v) is 4.36. The number of aromatic nitrogens is 1. The molecule has 25 heavy (non-hydrogen) atoms. The van der Waals surface area contributed by atoms with Crippen molar-refractivity contribution in [1.29, 1.82) is 0 Å². The minimum absolute atomic E-state index is 0.387. The molecule has 0 saturated carbocycles. The normalized spacial score (nSPS) is 17.9. The Balaban J connectivity index is 1.51. The van der Waals surface area contributed by atoms with E-state index in [4.69, 9.17) is 5.11 Å². The van der Waals surface area contributed by atoms with Crippen LogP contribution in [0.25, 0.3) is 6.08 Å². The Hall–Kier alpha value is -2.66. The summed E-state index contributed by atoms with van der Waals surface area (Å²) in [5, 5.41) is 12.1. The number of hydrogen-bond acceptors (Lipinski definition) is 4. The summed E-state index contributed by atoms with van der Waals surface area (Å²) in [5.74, 6) is -0.128. The molecule has 1 fully saturated rings. The van der Waals surface area contributed by atoms with E-state index in [1.165, 1.54) is 17.2 Å². The van der Waals surface area contributed by atoms with Crippen LogP contribution in [0.5, 0.6) is 0 Å². The van der Waals surface area contributed by atoms with E-state index in [0.29, 0.717) is 6.04 Å². The number of pyridine rings is 1. The summed E-state index contributed by atoms with van der Waals surface area (Å²) < 4.78 is 0. The van der Waals surface area contributed by atoms with Crippen LogP contribution in [0, 0.1) is 6.92 Å². The first-order valence-electron chi connectivity index (χ1n) is 8.50. The van der Waals surface area contributed by atoms with E-state index in [1.807, 2.05) is 12.1 Å². The van der Waals surface area contributed by atoms with Gasteiger partial charge in [0.05, 0.1) is 0 Å². The number of carboxylic acids is 1. The van der Waals surface area contributed by atoms with Crippen molar-refractivity contribution in [2.24, 2.45) is 0 Å². The number of anilines is 1. The van der Waals surface area contributed by atoms with Gasteiger partial charge < -0.3 is 10.4 Å². The van der Waals surface area contributed by atoms with E-state index in [1.54, 1.807) is 6.20 Å². The first-order valence-corrected chi connectivity index (χ1v) is 8.50. The van der Waals surface area contributed by atoms with Crippen molar-refractivity contribution in [3.05, 3.63) is 65.4 Å². The van der Waals surface area contributed by atoms with Crippen molar-refractivity contribution < 1.29 is 9.90 Å². The van der Waals surface area contributed by atoms with Crippen molar-refractivity contribution in [2.75, 3.05) is 18.4 Å². The van der Waals surface area contributed by atoms with Crippen LogP contribution in [0.4, 0.5) is 5.82 Å². The van der Waals surface area contributed by atoms with E-state index < -0.39 is 5.97 Å². The Morgan fingerprint density at radius 2 is 2.12 bits per heavy atom. The first kappa shape index (κ1) is 17.2. The SMILES string of the molecule is Cc1ccc(CN2CC[C@@H](Nc3ccc(C=CC(=O)O)cn3)C2)cc1. The fourth-order valence-electron chi connectivity index (χ4n) is 3.01. The molecule has 1 aromatic heterocycles. The highest BCUT2D eigenvalue weighted by atomic mass is 16.4. The number of nitrogens with zero attached hydrogens (tertiary/aromatic N) is 2. The zero-order valence-electron chi connectivity index (χ0n) is 14.4. The van der Waals surface area contributed by atoms with Crippen molar-refractivity contribution in [2.45, 2.75) is 25.9 Å². The van der Waals surface area contributed by atoms with Gasteiger partial charge in [-0.1, -0.05) is 29.8 Å². The fraction of sp³-hybridized carbons (Fsp3) is 0.300. The van der Waals surface area contributed by atoms with Crippen molar-refractivity contribution >= 4 is 17.9 Å². The van der Waals surface area contributed by atoms with E-state index in [2.05, 4.69) is 46.4 Å². The van der Waals surface area contributed by atoms with Crippen LogP contribution in [0.1, 0.15) is 23.1 Å². The zero-order chi connectivity index (χ0) is 17.6. The van der Waals surface area contributed by atoms with Crippen molar-refractivity contribution in [3.8, 4) is 0 Å². The highest BCUT2D eigenvalue weighted by Crippen LogP contribution is 2.17.